The van der Waals surface area contributed by atoms with Gasteiger partial charge in [-0.05, 0) is 71.7 Å². The number of rotatable bonds is 1. The minimum absolute atomic E-state index is 0. The molecule has 1 N–H and O–H groups in total. The average Bonchev–Trinajstić information content (AvgIpc) is 2.82. The number of aromatic hydroxyl groups is 1. The van der Waals surface area contributed by atoms with E-state index in [0.29, 0.717) is 5.75 Å². The van der Waals surface area contributed by atoms with Gasteiger partial charge in [-0.1, -0.05) is 43.9 Å². The van der Waals surface area contributed by atoms with E-state index in [9.17, 15) is 5.11 Å². The normalized spacial score (nSPS) is 11.7. The van der Waals surface area contributed by atoms with Gasteiger partial charge in [-0.2, -0.15) is 0 Å². The van der Waals surface area contributed by atoms with Crippen molar-refractivity contribution in [3.63, 3.8) is 0 Å². The van der Waals surface area contributed by atoms with Crippen LogP contribution >= 0.6 is 7.53 Å². The Balaban J connectivity index is 0.00000169. The molecular formula is C21H19AcOP. The maximum Gasteiger partial charge on any atom is 0.119 e. The molecule has 0 aliphatic rings. The molecule has 4 aromatic rings. The molecule has 117 valence electrons. The molecule has 1 aromatic heterocycles. The van der Waals surface area contributed by atoms with Gasteiger partial charge >= 0.3 is 0 Å². The van der Waals surface area contributed by atoms with Crippen molar-refractivity contribution in [3.8, 4) is 11.1 Å². The first kappa shape index (κ1) is 18.0. The van der Waals surface area contributed by atoms with Crippen molar-refractivity contribution >= 4 is 28.5 Å². The number of hydrogen-bond donors (Lipinski definition) is 1. The van der Waals surface area contributed by atoms with Crippen LogP contribution in [0.1, 0.15) is 16.7 Å². The molecule has 4 rings (SSSR count). The molecular weight excluding hydrogens is 526 g/mol. The summed E-state index contributed by atoms with van der Waals surface area (Å²) in [6, 6.07) is 19.5. The fourth-order valence-electron chi connectivity index (χ4n) is 3.27. The molecule has 1 heterocycles. The molecule has 24 heavy (non-hydrogen) atoms. The van der Waals surface area contributed by atoms with Gasteiger partial charge in [0.15, 0.2) is 0 Å². The second-order valence-electron chi connectivity index (χ2n) is 6.28. The van der Waals surface area contributed by atoms with E-state index in [-0.39, 0.29) is 44.1 Å². The van der Waals surface area contributed by atoms with Gasteiger partial charge in [0, 0.05) is 54.3 Å². The monoisotopic (exact) mass is 545 g/mol. The molecule has 3 aromatic carbocycles. The summed E-state index contributed by atoms with van der Waals surface area (Å²) in [4.78, 5) is 0. The van der Waals surface area contributed by atoms with Gasteiger partial charge in [-0.3, -0.25) is 0 Å². The van der Waals surface area contributed by atoms with Crippen LogP contribution in [0.25, 0.3) is 26.3 Å². The van der Waals surface area contributed by atoms with Crippen LogP contribution in [-0.4, -0.2) is 5.11 Å². The summed E-state index contributed by atoms with van der Waals surface area (Å²) in [5.41, 5.74) is 3.59. The quantitative estimate of drug-likeness (QED) is 0.286. The third kappa shape index (κ3) is 2.84. The van der Waals surface area contributed by atoms with E-state index in [1.165, 1.54) is 37.4 Å². The summed E-state index contributed by atoms with van der Waals surface area (Å²) in [6.07, 6.45) is 0. The third-order valence-electron chi connectivity index (χ3n) is 4.71. The molecule has 1 radical (unpaired) electrons. The molecule has 0 fully saturated rings. The molecule has 1 nitrogen and oxygen atoms in total. The van der Waals surface area contributed by atoms with E-state index >= 15 is 0 Å². The van der Waals surface area contributed by atoms with Crippen molar-refractivity contribution in [1.82, 2.24) is 0 Å². The maximum absolute atomic E-state index is 10.2. The predicted molar refractivity (Wildman–Crippen MR) is 101 cm³/mol. The minimum Gasteiger partial charge on any atom is -0.508 e. The number of aryl methyl sites for hydroxylation is 3. The summed E-state index contributed by atoms with van der Waals surface area (Å²) in [7, 11) is -0.540. The van der Waals surface area contributed by atoms with E-state index < -0.39 is 7.53 Å². The van der Waals surface area contributed by atoms with Crippen LogP contribution in [0.15, 0.2) is 54.6 Å². The van der Waals surface area contributed by atoms with Gasteiger partial charge in [-0.25, -0.2) is 0 Å². The largest absolute Gasteiger partial charge is 0.508 e. The summed E-state index contributed by atoms with van der Waals surface area (Å²) in [5.74, 6) is 0.387. The van der Waals surface area contributed by atoms with Crippen LogP contribution in [-0.2, 0) is 0 Å². The number of fused-ring (bicyclic) bond motifs is 3. The predicted octanol–water partition coefficient (Wildman–Crippen LogP) is 6.60. The average molecular weight is 545 g/mol. The van der Waals surface area contributed by atoms with Crippen LogP contribution in [0.3, 0.4) is 0 Å². The number of hydrogen-bond acceptors (Lipinski definition) is 1. The molecule has 0 aliphatic carbocycles. The van der Waals surface area contributed by atoms with E-state index in [0.717, 1.165) is 5.56 Å². The van der Waals surface area contributed by atoms with Crippen LogP contribution in [0.4, 0.5) is 0 Å². The molecule has 0 saturated heterocycles. The molecule has 1 unspecified atom stereocenters. The van der Waals surface area contributed by atoms with Crippen LogP contribution in [0.5, 0.6) is 5.75 Å². The zero-order chi connectivity index (χ0) is 16.1. The second kappa shape index (κ2) is 6.84. The Morgan fingerprint density at radius 2 is 1.25 bits per heavy atom. The molecule has 1 atom stereocenters. The Bertz CT molecular complexity index is 983. The SMILES string of the molecule is Cc1cc2c3cc(O)c(C)cc3p(-c3ccccc3)c2cc1C.[Ac]. The third-order valence-corrected chi connectivity index (χ3v) is 7.23. The van der Waals surface area contributed by atoms with Crippen molar-refractivity contribution in [3.05, 3.63) is 71.3 Å². The summed E-state index contributed by atoms with van der Waals surface area (Å²) >= 11 is 0. The molecule has 0 spiro atoms. The zero-order valence-electron chi connectivity index (χ0n) is 14.2. The summed E-state index contributed by atoms with van der Waals surface area (Å²) in [5, 5.41) is 16.8. The molecule has 0 aliphatic heterocycles. The Morgan fingerprint density at radius 1 is 0.708 bits per heavy atom. The standard InChI is InChI=1S/C21H19OP.Ac/c1-13-9-17-18-12-19(22)15(3)11-21(18)23(20(17)10-14(13)2)16-7-5-4-6-8-16;/h4-12,22H,1-3H3;. The number of phenolic OH excluding ortho intramolecular Hbond substituents is 1. The first-order chi connectivity index (χ1) is 11.1. The van der Waals surface area contributed by atoms with E-state index in [2.05, 4.69) is 62.4 Å². The summed E-state index contributed by atoms with van der Waals surface area (Å²) < 4.78 is 0. The van der Waals surface area contributed by atoms with Gasteiger partial charge in [0.2, 0.25) is 0 Å². The van der Waals surface area contributed by atoms with E-state index in [1.807, 2.05) is 13.0 Å². The first-order valence-electron chi connectivity index (χ1n) is 7.86. The topological polar surface area (TPSA) is 20.2 Å². The van der Waals surface area contributed by atoms with E-state index in [4.69, 9.17) is 0 Å². The van der Waals surface area contributed by atoms with Crippen LogP contribution in [0.2, 0.25) is 0 Å². The van der Waals surface area contributed by atoms with Crippen molar-refractivity contribution in [2.45, 2.75) is 20.8 Å². The van der Waals surface area contributed by atoms with Crippen LogP contribution in [0, 0.1) is 64.8 Å². The van der Waals surface area contributed by atoms with Crippen molar-refractivity contribution in [1.29, 1.82) is 0 Å². The minimum atomic E-state index is -0.540. The Morgan fingerprint density at radius 3 is 1.92 bits per heavy atom. The van der Waals surface area contributed by atoms with Gasteiger partial charge < -0.3 is 5.11 Å². The van der Waals surface area contributed by atoms with E-state index in [1.54, 1.807) is 0 Å². The van der Waals surface area contributed by atoms with Gasteiger partial charge in [0.1, 0.15) is 5.75 Å². The Labute approximate surface area is 179 Å². The number of phenols is 1. The number of benzene rings is 3. The van der Waals surface area contributed by atoms with Crippen molar-refractivity contribution in [2.75, 3.05) is 0 Å². The van der Waals surface area contributed by atoms with Crippen molar-refractivity contribution in [2.24, 2.45) is 0 Å². The Hall–Kier alpha value is -0.798. The van der Waals surface area contributed by atoms with Gasteiger partial charge in [0.25, 0.3) is 0 Å². The van der Waals surface area contributed by atoms with Crippen LogP contribution < -0.4 is 0 Å². The molecule has 0 saturated carbocycles. The second-order valence-corrected chi connectivity index (χ2v) is 8.43. The smallest absolute Gasteiger partial charge is 0.119 e. The molecule has 3 heteroatoms. The fourth-order valence-corrected chi connectivity index (χ4v) is 6.05. The summed E-state index contributed by atoms with van der Waals surface area (Å²) in [6.45, 7) is 6.32. The molecule has 0 bridgehead atoms. The maximum atomic E-state index is 10.2. The van der Waals surface area contributed by atoms with Gasteiger partial charge in [-0.15, -0.1) is 0 Å². The first-order valence-corrected chi connectivity index (χ1v) is 9.21. The molecule has 0 amide bonds. The fraction of sp³-hybridized carbons (Fsp3) is 0.143. The van der Waals surface area contributed by atoms with Crippen molar-refractivity contribution < 1.29 is 49.2 Å². The zero-order valence-corrected chi connectivity index (χ0v) is 19.8. The Kier molecular flexibility index (Phi) is 5.13. The van der Waals surface area contributed by atoms with Gasteiger partial charge in [0.05, 0.1) is 0 Å².